The van der Waals surface area contributed by atoms with Gasteiger partial charge in [0.15, 0.2) is 0 Å². The molecule has 2 fully saturated rings. The molecule has 0 aromatic rings. The summed E-state index contributed by atoms with van der Waals surface area (Å²) < 4.78 is 0. The molecule has 0 saturated carbocycles. The van der Waals surface area contributed by atoms with Crippen molar-refractivity contribution in [2.75, 3.05) is 39.3 Å². The highest BCUT2D eigenvalue weighted by atomic mass is 15.2. The number of nitrogens with zero attached hydrogens (tertiary/aromatic N) is 2. The molecule has 0 aromatic heterocycles. The van der Waals surface area contributed by atoms with Crippen molar-refractivity contribution in [2.45, 2.75) is 52.6 Å². The summed E-state index contributed by atoms with van der Waals surface area (Å²) in [5.41, 5.74) is 0. The van der Waals surface area contributed by atoms with E-state index >= 15 is 0 Å². The van der Waals surface area contributed by atoms with Gasteiger partial charge in [0.1, 0.15) is 0 Å². The largest absolute Gasteiger partial charge is 0.311 e. The molecule has 1 N–H and O–H groups in total. The van der Waals surface area contributed by atoms with E-state index in [1.54, 1.807) is 0 Å². The van der Waals surface area contributed by atoms with Gasteiger partial charge < -0.3 is 10.2 Å². The molecule has 0 spiro atoms. The maximum Gasteiger partial charge on any atom is 0.0244 e. The number of likely N-dealkylation sites (tertiary alicyclic amines) is 1. The summed E-state index contributed by atoms with van der Waals surface area (Å²) in [6.45, 7) is 17.0. The summed E-state index contributed by atoms with van der Waals surface area (Å²) in [6, 6.07) is 1.44. The lowest BCUT2D eigenvalue weighted by molar-refractivity contribution is 0.0813. The summed E-state index contributed by atoms with van der Waals surface area (Å²) in [7, 11) is 0. The van der Waals surface area contributed by atoms with Crippen LogP contribution in [0.4, 0.5) is 0 Å². The number of rotatable bonds is 5. The lowest BCUT2D eigenvalue weighted by atomic mass is 9.95. The van der Waals surface area contributed by atoms with Crippen LogP contribution in [0.1, 0.15) is 40.5 Å². The van der Waals surface area contributed by atoms with Crippen molar-refractivity contribution >= 4 is 0 Å². The van der Waals surface area contributed by atoms with Gasteiger partial charge in [0, 0.05) is 38.3 Å². The van der Waals surface area contributed by atoms with Crippen LogP contribution in [-0.4, -0.2) is 61.2 Å². The van der Waals surface area contributed by atoms with Crippen LogP contribution in [0, 0.1) is 11.8 Å². The predicted octanol–water partition coefficient (Wildman–Crippen LogP) is 2.04. The molecule has 0 aromatic carbocycles. The quantitative estimate of drug-likeness (QED) is 0.822. The fourth-order valence-electron chi connectivity index (χ4n) is 3.72. The van der Waals surface area contributed by atoms with E-state index in [0.29, 0.717) is 6.04 Å². The highest BCUT2D eigenvalue weighted by molar-refractivity contribution is 4.89. The SMILES string of the molecule is CCC1CN(CC2CCN(CC)C2)C(C(C)C)CN1. The van der Waals surface area contributed by atoms with Gasteiger partial charge in [-0.05, 0) is 37.8 Å². The minimum Gasteiger partial charge on any atom is -0.311 e. The molecule has 0 radical (unpaired) electrons. The number of hydrogen-bond acceptors (Lipinski definition) is 3. The summed E-state index contributed by atoms with van der Waals surface area (Å²) in [6.07, 6.45) is 2.66. The van der Waals surface area contributed by atoms with Crippen LogP contribution < -0.4 is 5.32 Å². The summed E-state index contributed by atoms with van der Waals surface area (Å²) >= 11 is 0. The van der Waals surface area contributed by atoms with Crippen LogP contribution in [0.2, 0.25) is 0 Å². The zero-order valence-corrected chi connectivity index (χ0v) is 13.4. The van der Waals surface area contributed by atoms with E-state index < -0.39 is 0 Å². The molecule has 19 heavy (non-hydrogen) atoms. The third-order valence-corrected chi connectivity index (χ3v) is 5.11. The molecule has 0 amide bonds. The van der Waals surface area contributed by atoms with Gasteiger partial charge in [0.2, 0.25) is 0 Å². The molecule has 3 nitrogen and oxygen atoms in total. The fraction of sp³-hybridized carbons (Fsp3) is 1.00. The van der Waals surface area contributed by atoms with Gasteiger partial charge in [-0.3, -0.25) is 4.90 Å². The normalized spacial score (nSPS) is 34.3. The first-order valence-corrected chi connectivity index (χ1v) is 8.33. The van der Waals surface area contributed by atoms with Crippen LogP contribution >= 0.6 is 0 Å². The van der Waals surface area contributed by atoms with Crippen molar-refractivity contribution < 1.29 is 0 Å². The first-order valence-electron chi connectivity index (χ1n) is 8.33. The van der Waals surface area contributed by atoms with Crippen LogP contribution in [-0.2, 0) is 0 Å². The zero-order valence-electron chi connectivity index (χ0n) is 13.4. The van der Waals surface area contributed by atoms with Gasteiger partial charge in [-0.25, -0.2) is 0 Å². The fourth-order valence-corrected chi connectivity index (χ4v) is 3.72. The molecule has 3 unspecified atom stereocenters. The standard InChI is InChI=1S/C16H33N3/c1-5-15-12-19(16(9-17-15)13(3)4)11-14-7-8-18(6-2)10-14/h13-17H,5-12H2,1-4H3. The van der Waals surface area contributed by atoms with Crippen molar-refractivity contribution in [3.8, 4) is 0 Å². The average molecular weight is 267 g/mol. The summed E-state index contributed by atoms with van der Waals surface area (Å²) in [5.74, 6) is 1.66. The van der Waals surface area contributed by atoms with Crippen LogP contribution in [0.15, 0.2) is 0 Å². The second-order valence-electron chi connectivity index (χ2n) is 6.83. The van der Waals surface area contributed by atoms with Crippen molar-refractivity contribution in [1.82, 2.24) is 15.1 Å². The highest BCUT2D eigenvalue weighted by Gasteiger charge is 2.32. The second-order valence-corrected chi connectivity index (χ2v) is 6.83. The van der Waals surface area contributed by atoms with Gasteiger partial charge >= 0.3 is 0 Å². The van der Waals surface area contributed by atoms with E-state index in [1.807, 2.05) is 0 Å². The van der Waals surface area contributed by atoms with Crippen molar-refractivity contribution in [3.05, 3.63) is 0 Å². The third-order valence-electron chi connectivity index (χ3n) is 5.11. The first kappa shape index (κ1) is 15.3. The Morgan fingerprint density at radius 3 is 2.58 bits per heavy atom. The number of hydrogen-bond donors (Lipinski definition) is 1. The Hall–Kier alpha value is -0.120. The lowest BCUT2D eigenvalue weighted by Crippen LogP contribution is -2.59. The van der Waals surface area contributed by atoms with Gasteiger partial charge in [-0.15, -0.1) is 0 Å². The molecule has 2 saturated heterocycles. The topological polar surface area (TPSA) is 18.5 Å². The van der Waals surface area contributed by atoms with E-state index in [2.05, 4.69) is 42.8 Å². The van der Waals surface area contributed by atoms with Gasteiger partial charge in [0.25, 0.3) is 0 Å². The van der Waals surface area contributed by atoms with E-state index in [-0.39, 0.29) is 0 Å². The van der Waals surface area contributed by atoms with Crippen molar-refractivity contribution in [3.63, 3.8) is 0 Å². The maximum atomic E-state index is 3.72. The van der Waals surface area contributed by atoms with Crippen LogP contribution in [0.3, 0.4) is 0 Å². The smallest absolute Gasteiger partial charge is 0.0244 e. The Balaban J connectivity index is 1.90. The monoisotopic (exact) mass is 267 g/mol. The summed E-state index contributed by atoms with van der Waals surface area (Å²) in [5, 5.41) is 3.72. The Bertz CT molecular complexity index is 267. The second kappa shape index (κ2) is 7.05. The van der Waals surface area contributed by atoms with Crippen molar-refractivity contribution in [2.24, 2.45) is 11.8 Å². The zero-order chi connectivity index (χ0) is 13.8. The summed E-state index contributed by atoms with van der Waals surface area (Å²) in [4.78, 5) is 5.40. The molecular formula is C16H33N3. The maximum absolute atomic E-state index is 3.72. The minimum absolute atomic E-state index is 0.707. The molecule has 2 aliphatic rings. The molecule has 2 rings (SSSR count). The molecule has 2 aliphatic heterocycles. The minimum atomic E-state index is 0.707. The highest BCUT2D eigenvalue weighted by Crippen LogP contribution is 2.22. The molecular weight excluding hydrogens is 234 g/mol. The van der Waals surface area contributed by atoms with E-state index in [0.717, 1.165) is 17.9 Å². The van der Waals surface area contributed by atoms with E-state index in [1.165, 1.54) is 52.1 Å². The Kier molecular flexibility index (Phi) is 5.67. The van der Waals surface area contributed by atoms with Gasteiger partial charge in [0.05, 0.1) is 0 Å². The number of piperazine rings is 1. The molecule has 3 atom stereocenters. The van der Waals surface area contributed by atoms with E-state index in [4.69, 9.17) is 0 Å². The average Bonchev–Trinajstić information content (AvgIpc) is 2.86. The van der Waals surface area contributed by atoms with Gasteiger partial charge in [-0.1, -0.05) is 27.7 Å². The lowest BCUT2D eigenvalue weighted by Gasteiger charge is -2.43. The Morgan fingerprint density at radius 1 is 1.21 bits per heavy atom. The van der Waals surface area contributed by atoms with Crippen LogP contribution in [0.25, 0.3) is 0 Å². The first-order chi connectivity index (χ1) is 9.13. The predicted molar refractivity (Wildman–Crippen MR) is 82.5 cm³/mol. The number of nitrogens with one attached hydrogen (secondary N) is 1. The molecule has 0 aliphatic carbocycles. The van der Waals surface area contributed by atoms with Crippen molar-refractivity contribution in [1.29, 1.82) is 0 Å². The molecule has 3 heteroatoms. The van der Waals surface area contributed by atoms with Gasteiger partial charge in [-0.2, -0.15) is 0 Å². The Morgan fingerprint density at radius 2 is 2.00 bits per heavy atom. The molecule has 0 bridgehead atoms. The van der Waals surface area contributed by atoms with E-state index in [9.17, 15) is 0 Å². The molecule has 2 heterocycles. The Labute approximate surface area is 119 Å². The third kappa shape index (κ3) is 3.93. The molecule has 112 valence electrons. The van der Waals surface area contributed by atoms with Crippen LogP contribution in [0.5, 0.6) is 0 Å².